The van der Waals surface area contributed by atoms with Gasteiger partial charge in [-0.25, -0.2) is 0 Å². The number of hydrogen-bond donors (Lipinski definition) is 1. The summed E-state index contributed by atoms with van der Waals surface area (Å²) in [6, 6.07) is 5.77. The Morgan fingerprint density at radius 2 is 2.09 bits per heavy atom. The first-order valence-electron chi connectivity index (χ1n) is 7.49. The fourth-order valence-corrected chi connectivity index (χ4v) is 3.16. The third-order valence-corrected chi connectivity index (χ3v) is 4.50. The van der Waals surface area contributed by atoms with Gasteiger partial charge in [0.25, 0.3) is 0 Å². The standard InChI is InChI=1S/C18H19NO3/c1-11(20)14-7-8-15-16(10-19(2)17(15)9-14)12-3-5-13(6-4-12)18(21)22/h3,7-10,13H,4-6H2,1-2H3,(H,21,22). The van der Waals surface area contributed by atoms with Crippen LogP contribution in [-0.2, 0) is 11.8 Å². The fraction of sp³-hybridized carbons (Fsp3) is 0.333. The number of carbonyl (C=O) groups excluding carboxylic acids is 1. The predicted molar refractivity (Wildman–Crippen MR) is 85.9 cm³/mol. The van der Waals surface area contributed by atoms with E-state index in [0.29, 0.717) is 18.4 Å². The molecule has 0 amide bonds. The molecule has 0 aliphatic heterocycles. The van der Waals surface area contributed by atoms with Crippen molar-refractivity contribution >= 4 is 28.2 Å². The molecule has 1 atom stereocenters. The summed E-state index contributed by atoms with van der Waals surface area (Å²) in [6.45, 7) is 1.57. The molecule has 4 heteroatoms. The summed E-state index contributed by atoms with van der Waals surface area (Å²) in [5.74, 6) is -0.909. The zero-order valence-corrected chi connectivity index (χ0v) is 12.8. The molecule has 1 unspecified atom stereocenters. The smallest absolute Gasteiger partial charge is 0.306 e. The Bertz CT molecular complexity index is 798. The van der Waals surface area contributed by atoms with E-state index in [1.54, 1.807) is 6.92 Å². The Balaban J connectivity index is 2.02. The van der Waals surface area contributed by atoms with Gasteiger partial charge in [-0.2, -0.15) is 0 Å². The Labute approximate surface area is 129 Å². The SMILES string of the molecule is CC(=O)c1ccc2c(C3=CCC(C(=O)O)CC3)cn(C)c2c1. The van der Waals surface area contributed by atoms with Crippen LogP contribution in [0.4, 0.5) is 0 Å². The molecular formula is C18H19NO3. The predicted octanol–water partition coefficient (Wildman–Crippen LogP) is 3.65. The molecule has 0 radical (unpaired) electrons. The molecule has 4 nitrogen and oxygen atoms in total. The lowest BCUT2D eigenvalue weighted by Crippen LogP contribution is -2.15. The number of aliphatic carboxylic acids is 1. The number of aryl methyl sites for hydroxylation is 1. The Morgan fingerprint density at radius 1 is 1.32 bits per heavy atom. The van der Waals surface area contributed by atoms with Crippen LogP contribution in [0.15, 0.2) is 30.5 Å². The van der Waals surface area contributed by atoms with Crippen molar-refractivity contribution in [2.75, 3.05) is 0 Å². The van der Waals surface area contributed by atoms with Gasteiger partial charge in [0.15, 0.2) is 5.78 Å². The van der Waals surface area contributed by atoms with Crippen LogP contribution >= 0.6 is 0 Å². The number of ketones is 1. The monoisotopic (exact) mass is 297 g/mol. The summed E-state index contributed by atoms with van der Waals surface area (Å²) in [5.41, 5.74) is 4.10. The van der Waals surface area contributed by atoms with Crippen LogP contribution in [0, 0.1) is 5.92 Å². The maximum Gasteiger partial charge on any atom is 0.306 e. The molecule has 3 rings (SSSR count). The van der Waals surface area contributed by atoms with Crippen molar-refractivity contribution < 1.29 is 14.7 Å². The van der Waals surface area contributed by atoms with Crippen molar-refractivity contribution in [1.29, 1.82) is 0 Å². The van der Waals surface area contributed by atoms with Gasteiger partial charge in [-0.3, -0.25) is 9.59 Å². The highest BCUT2D eigenvalue weighted by atomic mass is 16.4. The van der Waals surface area contributed by atoms with Gasteiger partial charge in [0.05, 0.1) is 5.92 Å². The number of benzene rings is 1. The molecule has 0 saturated carbocycles. The molecular weight excluding hydrogens is 278 g/mol. The summed E-state index contributed by atoms with van der Waals surface area (Å²) >= 11 is 0. The lowest BCUT2D eigenvalue weighted by molar-refractivity contribution is -0.141. The van der Waals surface area contributed by atoms with E-state index in [1.165, 1.54) is 5.57 Å². The maximum absolute atomic E-state index is 11.5. The molecule has 0 fully saturated rings. The number of hydrogen-bond acceptors (Lipinski definition) is 2. The number of carboxylic acids is 1. The normalized spacial score (nSPS) is 18.3. The lowest BCUT2D eigenvalue weighted by Gasteiger charge is -2.18. The number of nitrogens with zero attached hydrogens (tertiary/aromatic N) is 1. The van der Waals surface area contributed by atoms with Crippen molar-refractivity contribution in [2.45, 2.75) is 26.2 Å². The van der Waals surface area contributed by atoms with E-state index >= 15 is 0 Å². The minimum Gasteiger partial charge on any atom is -0.481 e. The Kier molecular flexibility index (Phi) is 3.61. The van der Waals surface area contributed by atoms with Gasteiger partial charge in [0.2, 0.25) is 0 Å². The number of Topliss-reactive ketones (excluding diaryl/α,β-unsaturated/α-hetero) is 1. The molecule has 1 N–H and O–H groups in total. The second-order valence-corrected chi connectivity index (χ2v) is 5.98. The summed E-state index contributed by atoms with van der Waals surface area (Å²) in [5, 5.41) is 10.2. The van der Waals surface area contributed by atoms with Crippen LogP contribution in [0.2, 0.25) is 0 Å². The highest BCUT2D eigenvalue weighted by Crippen LogP contribution is 2.35. The fourth-order valence-electron chi connectivity index (χ4n) is 3.16. The maximum atomic E-state index is 11.5. The van der Waals surface area contributed by atoms with Crippen molar-refractivity contribution in [3.63, 3.8) is 0 Å². The van der Waals surface area contributed by atoms with E-state index in [9.17, 15) is 9.59 Å². The van der Waals surface area contributed by atoms with Crippen LogP contribution in [0.3, 0.4) is 0 Å². The molecule has 0 saturated heterocycles. The summed E-state index contributed by atoms with van der Waals surface area (Å²) in [7, 11) is 1.97. The van der Waals surface area contributed by atoms with E-state index < -0.39 is 5.97 Å². The van der Waals surface area contributed by atoms with Gasteiger partial charge in [0, 0.05) is 35.3 Å². The first-order chi connectivity index (χ1) is 10.5. The van der Waals surface area contributed by atoms with Gasteiger partial charge < -0.3 is 9.67 Å². The van der Waals surface area contributed by atoms with E-state index in [4.69, 9.17) is 5.11 Å². The first kappa shape index (κ1) is 14.6. The second-order valence-electron chi connectivity index (χ2n) is 5.98. The molecule has 1 heterocycles. The zero-order valence-electron chi connectivity index (χ0n) is 12.8. The Hall–Kier alpha value is -2.36. The zero-order chi connectivity index (χ0) is 15.9. The largest absolute Gasteiger partial charge is 0.481 e. The van der Waals surface area contributed by atoms with Gasteiger partial charge >= 0.3 is 5.97 Å². The molecule has 1 aliphatic carbocycles. The van der Waals surface area contributed by atoms with Crippen LogP contribution in [0.1, 0.15) is 42.1 Å². The number of fused-ring (bicyclic) bond motifs is 1. The van der Waals surface area contributed by atoms with Crippen LogP contribution in [0.5, 0.6) is 0 Å². The average Bonchev–Trinajstić information content (AvgIpc) is 2.84. The average molecular weight is 297 g/mol. The number of carbonyl (C=O) groups is 2. The Morgan fingerprint density at radius 3 is 2.68 bits per heavy atom. The van der Waals surface area contributed by atoms with Gasteiger partial charge in [-0.05, 0) is 37.8 Å². The molecule has 22 heavy (non-hydrogen) atoms. The van der Waals surface area contributed by atoms with Crippen LogP contribution in [0.25, 0.3) is 16.5 Å². The third kappa shape index (κ3) is 2.45. The topological polar surface area (TPSA) is 59.3 Å². The summed E-state index contributed by atoms with van der Waals surface area (Å²) in [4.78, 5) is 22.6. The molecule has 1 aromatic heterocycles. The molecule has 0 spiro atoms. The van der Waals surface area contributed by atoms with Gasteiger partial charge in [-0.1, -0.05) is 18.2 Å². The molecule has 0 bridgehead atoms. The van der Waals surface area contributed by atoms with Crippen molar-refractivity contribution in [3.05, 3.63) is 41.6 Å². The third-order valence-electron chi connectivity index (χ3n) is 4.50. The van der Waals surface area contributed by atoms with E-state index in [2.05, 4.69) is 12.3 Å². The highest BCUT2D eigenvalue weighted by molar-refractivity contribution is 6.00. The van der Waals surface area contributed by atoms with E-state index in [0.717, 1.165) is 22.9 Å². The molecule has 1 aliphatic rings. The van der Waals surface area contributed by atoms with Crippen molar-refractivity contribution in [2.24, 2.45) is 13.0 Å². The number of allylic oxidation sites excluding steroid dienone is 2. The van der Waals surface area contributed by atoms with Crippen LogP contribution in [-0.4, -0.2) is 21.4 Å². The lowest BCUT2D eigenvalue weighted by atomic mass is 9.86. The first-order valence-corrected chi connectivity index (χ1v) is 7.49. The number of rotatable bonds is 3. The molecule has 1 aromatic carbocycles. The van der Waals surface area contributed by atoms with Crippen LogP contribution < -0.4 is 0 Å². The van der Waals surface area contributed by atoms with E-state index in [-0.39, 0.29) is 11.7 Å². The van der Waals surface area contributed by atoms with Crippen molar-refractivity contribution in [1.82, 2.24) is 4.57 Å². The minimum absolute atomic E-state index is 0.0610. The number of aromatic nitrogens is 1. The summed E-state index contributed by atoms with van der Waals surface area (Å²) < 4.78 is 2.03. The van der Waals surface area contributed by atoms with Crippen molar-refractivity contribution in [3.8, 4) is 0 Å². The molecule has 114 valence electrons. The van der Waals surface area contributed by atoms with E-state index in [1.807, 2.05) is 29.8 Å². The highest BCUT2D eigenvalue weighted by Gasteiger charge is 2.22. The quantitative estimate of drug-likeness (QED) is 0.880. The van der Waals surface area contributed by atoms with Gasteiger partial charge in [-0.15, -0.1) is 0 Å². The number of carboxylic acid groups (broad SMARTS) is 1. The summed E-state index contributed by atoms with van der Waals surface area (Å²) in [6.07, 6.45) is 6.18. The minimum atomic E-state index is -0.709. The molecule has 2 aromatic rings. The van der Waals surface area contributed by atoms with Gasteiger partial charge in [0.1, 0.15) is 0 Å². The second kappa shape index (κ2) is 5.44.